The minimum absolute atomic E-state index is 0.00208. The van der Waals surface area contributed by atoms with E-state index in [1.165, 1.54) is 40.7 Å². The van der Waals surface area contributed by atoms with Gasteiger partial charge in [-0.2, -0.15) is 4.31 Å². The second-order valence-electron chi connectivity index (χ2n) is 7.95. The number of nitro benzene ring substituents is 1. The monoisotopic (exact) mass is 473 g/mol. The first-order valence-corrected chi connectivity index (χ1v) is 12.0. The molecule has 2 fully saturated rings. The van der Waals surface area contributed by atoms with Crippen molar-refractivity contribution in [2.75, 3.05) is 18.4 Å². The third-order valence-corrected chi connectivity index (χ3v) is 7.38. The molecule has 0 unspecified atom stereocenters. The molecular formula is C21H23N5O6S. The third kappa shape index (κ3) is 5.12. The van der Waals surface area contributed by atoms with Crippen LogP contribution in [-0.2, 0) is 10.0 Å². The minimum atomic E-state index is -3.69. The molecule has 2 aromatic rings. The predicted octanol–water partition coefficient (Wildman–Crippen LogP) is 2.03. The highest BCUT2D eigenvalue weighted by molar-refractivity contribution is 7.89. The van der Waals surface area contributed by atoms with Crippen molar-refractivity contribution in [3.8, 4) is 0 Å². The summed E-state index contributed by atoms with van der Waals surface area (Å²) in [7, 11) is -3.69. The van der Waals surface area contributed by atoms with E-state index in [4.69, 9.17) is 0 Å². The van der Waals surface area contributed by atoms with Gasteiger partial charge in [-0.1, -0.05) is 6.07 Å². The number of benzene rings is 2. The molecule has 0 radical (unpaired) electrons. The van der Waals surface area contributed by atoms with E-state index in [0.717, 1.165) is 31.7 Å². The molecule has 0 atom stereocenters. The van der Waals surface area contributed by atoms with Crippen molar-refractivity contribution in [3.05, 3.63) is 63.7 Å². The largest absolute Gasteiger partial charge is 0.377 e. The van der Waals surface area contributed by atoms with Crippen LogP contribution in [0.1, 0.15) is 46.4 Å². The molecule has 1 aliphatic carbocycles. The molecule has 2 amide bonds. The molecule has 2 aromatic carbocycles. The lowest BCUT2D eigenvalue weighted by molar-refractivity contribution is -0.384. The van der Waals surface area contributed by atoms with Gasteiger partial charge >= 0.3 is 0 Å². The number of rotatable bonds is 7. The SMILES string of the molecule is O=C(NNC(=O)c1ccc(NC2CC2)c([N+](=O)[O-])c1)c1cccc(S(=O)(=O)N2CCCC2)c1. The lowest BCUT2D eigenvalue weighted by Crippen LogP contribution is -2.41. The highest BCUT2D eigenvalue weighted by Gasteiger charge is 2.28. The quantitative estimate of drug-likeness (QED) is 0.411. The highest BCUT2D eigenvalue weighted by atomic mass is 32.2. The molecule has 0 aromatic heterocycles. The third-order valence-electron chi connectivity index (χ3n) is 5.48. The summed E-state index contributed by atoms with van der Waals surface area (Å²) in [4.78, 5) is 35.7. The molecule has 11 nitrogen and oxygen atoms in total. The van der Waals surface area contributed by atoms with Gasteiger partial charge in [0.25, 0.3) is 17.5 Å². The normalized spacial score (nSPS) is 16.2. The Balaban J connectivity index is 1.43. The second kappa shape index (κ2) is 9.16. The maximum Gasteiger partial charge on any atom is 0.293 e. The minimum Gasteiger partial charge on any atom is -0.377 e. The lowest BCUT2D eigenvalue weighted by Gasteiger charge is -2.16. The summed E-state index contributed by atoms with van der Waals surface area (Å²) < 4.78 is 26.8. The van der Waals surface area contributed by atoms with E-state index in [1.54, 1.807) is 0 Å². The van der Waals surface area contributed by atoms with Crippen LogP contribution in [0.2, 0.25) is 0 Å². The van der Waals surface area contributed by atoms with Crippen LogP contribution in [0.15, 0.2) is 47.4 Å². The van der Waals surface area contributed by atoms with Gasteiger partial charge in [-0.15, -0.1) is 0 Å². The summed E-state index contributed by atoms with van der Waals surface area (Å²) in [5.74, 6) is -1.46. The second-order valence-corrected chi connectivity index (χ2v) is 9.89. The molecule has 174 valence electrons. The van der Waals surface area contributed by atoms with Crippen molar-refractivity contribution in [1.82, 2.24) is 15.2 Å². The summed E-state index contributed by atoms with van der Waals surface area (Å²) in [5, 5.41) is 14.4. The lowest BCUT2D eigenvalue weighted by atomic mass is 10.1. The van der Waals surface area contributed by atoms with Gasteiger partial charge in [-0.25, -0.2) is 8.42 Å². The van der Waals surface area contributed by atoms with Crippen LogP contribution in [0.4, 0.5) is 11.4 Å². The number of amides is 2. The first kappa shape index (κ1) is 22.7. The standard InChI is InChI=1S/C21H23N5O6S/c27-20(14-4-3-5-17(12-14)33(31,32)25-10-1-2-11-25)23-24-21(28)15-6-9-18(22-16-7-8-16)19(13-15)26(29)30/h3-6,9,12-13,16,22H,1-2,7-8,10-11H2,(H,23,27)(H,24,28). The number of anilines is 1. The Kier molecular flexibility index (Phi) is 6.29. The average molecular weight is 474 g/mol. The molecule has 33 heavy (non-hydrogen) atoms. The summed E-state index contributed by atoms with van der Waals surface area (Å²) in [6.07, 6.45) is 3.46. The van der Waals surface area contributed by atoms with E-state index in [1.807, 2.05) is 0 Å². The van der Waals surface area contributed by atoms with Crippen molar-refractivity contribution < 1.29 is 22.9 Å². The summed E-state index contributed by atoms with van der Waals surface area (Å²) in [5.41, 5.74) is 4.56. The Hall–Kier alpha value is -3.51. The van der Waals surface area contributed by atoms with Crippen LogP contribution in [0.5, 0.6) is 0 Å². The molecule has 0 bridgehead atoms. The molecule has 1 aliphatic heterocycles. The zero-order chi connectivity index (χ0) is 23.6. The van der Waals surface area contributed by atoms with Crippen molar-refractivity contribution in [2.24, 2.45) is 0 Å². The molecule has 1 heterocycles. The fourth-order valence-corrected chi connectivity index (χ4v) is 5.09. The van der Waals surface area contributed by atoms with Crippen LogP contribution in [-0.4, -0.2) is 48.6 Å². The van der Waals surface area contributed by atoms with Gasteiger partial charge in [0.05, 0.1) is 9.82 Å². The van der Waals surface area contributed by atoms with Gasteiger partial charge in [0, 0.05) is 36.3 Å². The number of nitrogens with zero attached hydrogens (tertiary/aromatic N) is 2. The van der Waals surface area contributed by atoms with Crippen LogP contribution in [0, 0.1) is 10.1 Å². The molecule has 2 aliphatic rings. The van der Waals surface area contributed by atoms with Gasteiger partial charge in [0.2, 0.25) is 10.0 Å². The number of carbonyl (C=O) groups is 2. The van der Waals surface area contributed by atoms with E-state index in [-0.39, 0.29) is 27.8 Å². The van der Waals surface area contributed by atoms with E-state index in [9.17, 15) is 28.1 Å². The van der Waals surface area contributed by atoms with Gasteiger partial charge in [-0.3, -0.25) is 30.6 Å². The first-order valence-electron chi connectivity index (χ1n) is 10.5. The van der Waals surface area contributed by atoms with E-state index < -0.39 is 26.8 Å². The van der Waals surface area contributed by atoms with E-state index >= 15 is 0 Å². The first-order chi connectivity index (χ1) is 15.8. The van der Waals surface area contributed by atoms with Crippen LogP contribution in [0.3, 0.4) is 0 Å². The number of hydrazine groups is 1. The molecule has 1 saturated carbocycles. The van der Waals surface area contributed by atoms with E-state index in [0.29, 0.717) is 18.8 Å². The van der Waals surface area contributed by atoms with Crippen molar-refractivity contribution in [3.63, 3.8) is 0 Å². The molecular weight excluding hydrogens is 450 g/mol. The van der Waals surface area contributed by atoms with Crippen LogP contribution < -0.4 is 16.2 Å². The Labute approximate surface area is 190 Å². The van der Waals surface area contributed by atoms with Crippen molar-refractivity contribution in [2.45, 2.75) is 36.6 Å². The Morgan fingerprint density at radius 2 is 1.61 bits per heavy atom. The average Bonchev–Trinajstić information content (AvgIpc) is 3.44. The number of sulfonamides is 1. The molecule has 1 saturated heterocycles. The van der Waals surface area contributed by atoms with Crippen molar-refractivity contribution >= 4 is 33.2 Å². The number of carbonyl (C=O) groups excluding carboxylic acids is 2. The van der Waals surface area contributed by atoms with Crippen molar-refractivity contribution in [1.29, 1.82) is 0 Å². The summed E-state index contributed by atoms with van der Waals surface area (Å²) in [6.45, 7) is 0.881. The molecule has 4 rings (SSSR count). The van der Waals surface area contributed by atoms with Crippen LogP contribution in [0.25, 0.3) is 0 Å². The summed E-state index contributed by atoms with van der Waals surface area (Å²) >= 11 is 0. The fourth-order valence-electron chi connectivity index (χ4n) is 3.53. The Morgan fingerprint density at radius 1 is 0.970 bits per heavy atom. The Bertz CT molecular complexity index is 1210. The molecule has 12 heteroatoms. The number of nitrogens with one attached hydrogen (secondary N) is 3. The van der Waals surface area contributed by atoms with Gasteiger partial charge < -0.3 is 5.32 Å². The number of nitro groups is 1. The highest BCUT2D eigenvalue weighted by Crippen LogP contribution is 2.31. The number of hydrogen-bond acceptors (Lipinski definition) is 7. The van der Waals surface area contributed by atoms with Gasteiger partial charge in [0.15, 0.2) is 0 Å². The fraction of sp³-hybridized carbons (Fsp3) is 0.333. The van der Waals surface area contributed by atoms with Crippen LogP contribution >= 0.6 is 0 Å². The molecule has 3 N–H and O–H groups in total. The Morgan fingerprint density at radius 3 is 2.21 bits per heavy atom. The number of hydrogen-bond donors (Lipinski definition) is 3. The predicted molar refractivity (Wildman–Crippen MR) is 119 cm³/mol. The summed E-state index contributed by atoms with van der Waals surface area (Å²) in [6, 6.07) is 9.75. The molecule has 0 spiro atoms. The van der Waals surface area contributed by atoms with Gasteiger partial charge in [0.1, 0.15) is 5.69 Å². The maximum atomic E-state index is 12.7. The maximum absolute atomic E-state index is 12.7. The smallest absolute Gasteiger partial charge is 0.293 e. The topological polar surface area (TPSA) is 151 Å². The van der Waals surface area contributed by atoms with Gasteiger partial charge in [-0.05, 0) is 56.0 Å². The zero-order valence-electron chi connectivity index (χ0n) is 17.6. The zero-order valence-corrected chi connectivity index (χ0v) is 18.4. The van der Waals surface area contributed by atoms with E-state index in [2.05, 4.69) is 16.2 Å².